The summed E-state index contributed by atoms with van der Waals surface area (Å²) in [5, 5.41) is 11.6. The number of carbonyl (C=O) groups excluding carboxylic acids is 1. The molecule has 3 aromatic rings. The molecule has 0 spiro atoms. The molecule has 9 heteroatoms. The zero-order chi connectivity index (χ0) is 23.1. The summed E-state index contributed by atoms with van der Waals surface area (Å²) in [6.45, 7) is 6.34. The Labute approximate surface area is 194 Å². The van der Waals surface area contributed by atoms with Crippen LogP contribution in [-0.2, 0) is 11.3 Å². The number of hydrogen-bond donors (Lipinski definition) is 1. The van der Waals surface area contributed by atoms with Crippen LogP contribution in [-0.4, -0.2) is 54.5 Å². The fourth-order valence-corrected chi connectivity index (χ4v) is 4.30. The summed E-state index contributed by atoms with van der Waals surface area (Å²) in [5.41, 5.74) is -0.397. The minimum atomic E-state index is -1.09. The molecule has 0 radical (unpaired) electrons. The number of hydrogen-bond acceptors (Lipinski definition) is 5. The smallest absolute Gasteiger partial charge is 0.410 e. The van der Waals surface area contributed by atoms with E-state index in [-0.39, 0.29) is 18.2 Å². The highest BCUT2D eigenvalue weighted by Gasteiger charge is 2.36. The molecule has 1 fully saturated rings. The average molecular weight is 503 g/mol. The highest BCUT2D eigenvalue weighted by molar-refractivity contribution is 9.10. The van der Waals surface area contributed by atoms with E-state index in [9.17, 15) is 14.7 Å². The lowest BCUT2D eigenvalue weighted by Gasteiger charge is -2.38. The third kappa shape index (κ3) is 4.73. The first-order valence-corrected chi connectivity index (χ1v) is 11.4. The number of ether oxygens (including phenoxy) is 1. The molecular formula is C23H27BrN4O4. The average Bonchev–Trinajstić information content (AvgIpc) is 3.14. The van der Waals surface area contributed by atoms with Crippen molar-refractivity contribution in [3.8, 4) is 5.69 Å². The summed E-state index contributed by atoms with van der Waals surface area (Å²) < 4.78 is 9.66. The highest BCUT2D eigenvalue weighted by Crippen LogP contribution is 2.26. The molecule has 8 nitrogen and oxygen atoms in total. The van der Waals surface area contributed by atoms with Gasteiger partial charge in [-0.25, -0.2) is 9.78 Å². The molecule has 0 saturated carbocycles. The summed E-state index contributed by atoms with van der Waals surface area (Å²) in [7, 11) is 0. The van der Waals surface area contributed by atoms with E-state index in [4.69, 9.17) is 4.74 Å². The molecule has 32 heavy (non-hydrogen) atoms. The fraction of sp³-hybridized carbons (Fsp3) is 0.435. The van der Waals surface area contributed by atoms with Crippen LogP contribution >= 0.6 is 15.9 Å². The minimum absolute atomic E-state index is 0.124. The van der Waals surface area contributed by atoms with Crippen molar-refractivity contribution < 1.29 is 14.6 Å². The predicted octanol–water partition coefficient (Wildman–Crippen LogP) is 3.71. The van der Waals surface area contributed by atoms with Crippen LogP contribution in [0.5, 0.6) is 0 Å². The number of aliphatic hydroxyl groups is 1. The van der Waals surface area contributed by atoms with Crippen LogP contribution in [0.4, 0.5) is 4.79 Å². The standard InChI is InChI=1S/C23H27BrN4O4/c1-22(2,3)32-21(30)26-11-8-23(31,9-12-26)14-27-15-25-19-18(20(27)29)7-10-28(19)17-6-4-5-16(24)13-17/h4-7,10,13,15,31H,8-9,11-12,14H2,1-3H3. The molecule has 1 amide bonds. The number of aromatic nitrogens is 3. The van der Waals surface area contributed by atoms with Gasteiger partial charge in [0.25, 0.3) is 5.56 Å². The first-order valence-electron chi connectivity index (χ1n) is 10.6. The molecule has 4 rings (SSSR count). The van der Waals surface area contributed by atoms with E-state index in [0.717, 1.165) is 10.2 Å². The van der Waals surface area contributed by atoms with Crippen LogP contribution in [0.3, 0.4) is 0 Å². The van der Waals surface area contributed by atoms with Gasteiger partial charge >= 0.3 is 6.09 Å². The Morgan fingerprint density at radius 1 is 1.25 bits per heavy atom. The zero-order valence-electron chi connectivity index (χ0n) is 18.4. The number of likely N-dealkylation sites (tertiary alicyclic amines) is 1. The molecule has 0 aliphatic carbocycles. The molecule has 1 saturated heterocycles. The van der Waals surface area contributed by atoms with E-state index < -0.39 is 11.2 Å². The van der Waals surface area contributed by atoms with E-state index in [1.807, 2.05) is 55.8 Å². The van der Waals surface area contributed by atoms with Gasteiger partial charge in [-0.15, -0.1) is 0 Å². The fourth-order valence-electron chi connectivity index (χ4n) is 3.91. The molecule has 1 aromatic carbocycles. The lowest BCUT2D eigenvalue weighted by atomic mass is 9.91. The summed E-state index contributed by atoms with van der Waals surface area (Å²) in [4.78, 5) is 31.5. The van der Waals surface area contributed by atoms with Gasteiger partial charge in [-0.1, -0.05) is 22.0 Å². The maximum absolute atomic E-state index is 13.1. The van der Waals surface area contributed by atoms with Crippen LogP contribution in [0.1, 0.15) is 33.6 Å². The number of carbonyl (C=O) groups is 1. The van der Waals surface area contributed by atoms with Gasteiger partial charge in [-0.2, -0.15) is 0 Å². The molecule has 1 N–H and O–H groups in total. The molecule has 0 unspecified atom stereocenters. The number of benzene rings is 1. The van der Waals surface area contributed by atoms with Gasteiger partial charge in [0, 0.05) is 29.4 Å². The Morgan fingerprint density at radius 2 is 1.97 bits per heavy atom. The van der Waals surface area contributed by atoms with Crippen molar-refractivity contribution in [2.45, 2.75) is 51.4 Å². The summed E-state index contributed by atoms with van der Waals surface area (Å²) in [5.74, 6) is 0. The Morgan fingerprint density at radius 3 is 2.62 bits per heavy atom. The van der Waals surface area contributed by atoms with Gasteiger partial charge in [0.1, 0.15) is 11.9 Å². The van der Waals surface area contributed by atoms with Crippen LogP contribution in [0, 0.1) is 0 Å². The first-order chi connectivity index (χ1) is 15.0. The van der Waals surface area contributed by atoms with Gasteiger partial charge in [0.15, 0.2) is 5.65 Å². The predicted molar refractivity (Wildman–Crippen MR) is 125 cm³/mol. The molecule has 2 aromatic heterocycles. The van der Waals surface area contributed by atoms with Gasteiger partial charge in [-0.3, -0.25) is 9.36 Å². The summed E-state index contributed by atoms with van der Waals surface area (Å²) in [6, 6.07) is 9.50. The number of halogens is 1. The number of fused-ring (bicyclic) bond motifs is 1. The van der Waals surface area contributed by atoms with Crippen LogP contribution < -0.4 is 5.56 Å². The first kappa shape index (κ1) is 22.5. The number of nitrogens with zero attached hydrogens (tertiary/aromatic N) is 4. The maximum atomic E-state index is 13.1. The van der Waals surface area contributed by atoms with E-state index in [0.29, 0.717) is 37.0 Å². The van der Waals surface area contributed by atoms with E-state index in [1.165, 1.54) is 10.9 Å². The third-order valence-electron chi connectivity index (χ3n) is 5.57. The van der Waals surface area contributed by atoms with E-state index in [2.05, 4.69) is 20.9 Å². The quantitative estimate of drug-likeness (QED) is 0.589. The Hall–Kier alpha value is -2.65. The highest BCUT2D eigenvalue weighted by atomic mass is 79.9. The van der Waals surface area contributed by atoms with Gasteiger partial charge < -0.3 is 19.3 Å². The van der Waals surface area contributed by atoms with Crippen molar-refractivity contribution in [3.05, 3.63) is 57.7 Å². The van der Waals surface area contributed by atoms with Gasteiger partial charge in [0.2, 0.25) is 0 Å². The second-order valence-corrected chi connectivity index (χ2v) is 10.2. The maximum Gasteiger partial charge on any atom is 0.410 e. The monoisotopic (exact) mass is 502 g/mol. The Kier molecular flexibility index (Phi) is 5.89. The zero-order valence-corrected chi connectivity index (χ0v) is 20.0. The normalized spacial score (nSPS) is 16.3. The molecule has 0 bridgehead atoms. The molecule has 3 heterocycles. The summed E-state index contributed by atoms with van der Waals surface area (Å²) in [6.07, 6.45) is 3.64. The number of amides is 1. The number of rotatable bonds is 3. The Balaban J connectivity index is 1.51. The van der Waals surface area contributed by atoms with Crippen molar-refractivity contribution in [2.24, 2.45) is 0 Å². The molecule has 1 aliphatic heterocycles. The second kappa shape index (κ2) is 8.37. The topological polar surface area (TPSA) is 89.6 Å². The molecule has 0 atom stereocenters. The van der Waals surface area contributed by atoms with E-state index >= 15 is 0 Å². The van der Waals surface area contributed by atoms with Crippen LogP contribution in [0.15, 0.2) is 52.1 Å². The second-order valence-electron chi connectivity index (χ2n) is 9.27. The van der Waals surface area contributed by atoms with Crippen molar-refractivity contribution in [1.29, 1.82) is 0 Å². The van der Waals surface area contributed by atoms with Gasteiger partial charge in [-0.05, 0) is 57.9 Å². The lowest BCUT2D eigenvalue weighted by molar-refractivity contribution is -0.0419. The summed E-state index contributed by atoms with van der Waals surface area (Å²) >= 11 is 3.47. The van der Waals surface area contributed by atoms with Crippen LogP contribution in [0.2, 0.25) is 0 Å². The van der Waals surface area contributed by atoms with Crippen molar-refractivity contribution in [2.75, 3.05) is 13.1 Å². The minimum Gasteiger partial charge on any atom is -0.444 e. The molecular weight excluding hydrogens is 476 g/mol. The van der Waals surface area contributed by atoms with Crippen LogP contribution in [0.25, 0.3) is 16.7 Å². The molecule has 1 aliphatic rings. The molecule has 170 valence electrons. The Bertz CT molecular complexity index is 1200. The SMILES string of the molecule is CC(C)(C)OC(=O)N1CCC(O)(Cn2cnc3c(ccn3-c3cccc(Br)c3)c2=O)CC1. The lowest BCUT2D eigenvalue weighted by Crippen LogP contribution is -2.50. The van der Waals surface area contributed by atoms with Gasteiger partial charge in [0.05, 0.1) is 17.5 Å². The van der Waals surface area contributed by atoms with E-state index in [1.54, 1.807) is 11.0 Å². The largest absolute Gasteiger partial charge is 0.444 e. The van der Waals surface area contributed by atoms with Crippen molar-refractivity contribution >= 4 is 33.1 Å². The number of piperidine rings is 1. The van der Waals surface area contributed by atoms with Crippen molar-refractivity contribution in [3.63, 3.8) is 0 Å². The van der Waals surface area contributed by atoms with Crippen molar-refractivity contribution in [1.82, 2.24) is 19.0 Å². The third-order valence-corrected chi connectivity index (χ3v) is 6.06.